The van der Waals surface area contributed by atoms with Crippen LogP contribution in [0.4, 0.5) is 13.2 Å². The Hall–Kier alpha value is -2.64. The molecule has 0 atom stereocenters. The van der Waals surface area contributed by atoms with E-state index in [-0.39, 0.29) is 11.9 Å². The van der Waals surface area contributed by atoms with Gasteiger partial charge in [0.05, 0.1) is 18.8 Å². The van der Waals surface area contributed by atoms with Crippen LogP contribution in [-0.4, -0.2) is 24.8 Å². The van der Waals surface area contributed by atoms with E-state index in [0.29, 0.717) is 22.6 Å². The van der Waals surface area contributed by atoms with Crippen molar-refractivity contribution in [2.24, 2.45) is 0 Å². The summed E-state index contributed by atoms with van der Waals surface area (Å²) < 4.78 is 53.1. The maximum absolute atomic E-state index is 12.4. The lowest BCUT2D eigenvalue weighted by Crippen LogP contribution is -2.34. The number of methoxy groups -OCH3 is 1. The smallest absolute Gasteiger partial charge is 0.496 e. The van der Waals surface area contributed by atoms with E-state index < -0.39 is 12.1 Å². The van der Waals surface area contributed by atoms with Gasteiger partial charge < -0.3 is 14.2 Å². The van der Waals surface area contributed by atoms with Crippen LogP contribution in [-0.2, 0) is 0 Å². The highest BCUT2D eigenvalue weighted by molar-refractivity contribution is 5.69. The summed E-state index contributed by atoms with van der Waals surface area (Å²) in [5, 5.41) is 10.4. The van der Waals surface area contributed by atoms with Crippen molar-refractivity contribution in [3.8, 4) is 28.5 Å². The van der Waals surface area contributed by atoms with E-state index in [4.69, 9.17) is 9.47 Å². The van der Waals surface area contributed by atoms with Crippen LogP contribution in [0.2, 0.25) is 0 Å². The predicted octanol–water partition coefficient (Wildman–Crippen LogP) is 4.66. The van der Waals surface area contributed by atoms with Gasteiger partial charge in [0.15, 0.2) is 5.75 Å². The summed E-state index contributed by atoms with van der Waals surface area (Å²) in [6.45, 7) is 5.79. The molecule has 0 unspecified atom stereocenters. The molecule has 0 bridgehead atoms. The van der Waals surface area contributed by atoms with E-state index in [2.05, 4.69) is 4.74 Å². The normalized spacial score (nSPS) is 11.6. The molecule has 27 heavy (non-hydrogen) atoms. The molecule has 1 aromatic heterocycles. The lowest BCUT2D eigenvalue weighted by Gasteiger charge is -2.15. The van der Waals surface area contributed by atoms with E-state index in [1.807, 2.05) is 13.8 Å². The maximum atomic E-state index is 12.4. The highest BCUT2D eigenvalue weighted by Gasteiger charge is 2.32. The van der Waals surface area contributed by atoms with E-state index in [1.54, 1.807) is 13.0 Å². The van der Waals surface area contributed by atoms with Crippen LogP contribution in [0, 0.1) is 6.92 Å². The number of aromatic nitrogens is 1. The zero-order valence-electron chi connectivity index (χ0n) is 15.6. The summed E-state index contributed by atoms with van der Waals surface area (Å²) in [6, 6.07) is 5.45. The number of ether oxygens (including phenoxy) is 3. The molecular weight excluding hydrogens is 363 g/mol. The number of hydrogen-bond acceptors (Lipinski definition) is 4. The molecule has 0 amide bonds. The molecule has 0 aliphatic rings. The molecular formula is C19H23F3NO4+. The van der Waals surface area contributed by atoms with Gasteiger partial charge in [0.2, 0.25) is 0 Å². The molecule has 0 fully saturated rings. The van der Waals surface area contributed by atoms with E-state index >= 15 is 0 Å². The Balaban J connectivity index is 2.42. The van der Waals surface area contributed by atoms with Crippen LogP contribution in [0.25, 0.3) is 11.3 Å². The van der Waals surface area contributed by atoms with Gasteiger partial charge >= 0.3 is 6.36 Å². The van der Waals surface area contributed by atoms with Crippen molar-refractivity contribution in [1.29, 1.82) is 0 Å². The molecule has 0 saturated heterocycles. The van der Waals surface area contributed by atoms with E-state index in [0.717, 1.165) is 23.6 Å². The largest absolute Gasteiger partial charge is 0.573 e. The van der Waals surface area contributed by atoms with Gasteiger partial charge in [-0.2, -0.15) is 0 Å². The predicted molar refractivity (Wildman–Crippen MR) is 92.2 cm³/mol. The number of alkyl halides is 3. The summed E-state index contributed by atoms with van der Waals surface area (Å²) in [5.74, 6) is 0.235. The minimum atomic E-state index is -4.80. The fourth-order valence-corrected chi connectivity index (χ4v) is 2.80. The van der Waals surface area contributed by atoms with Crippen molar-refractivity contribution in [1.82, 2.24) is 0 Å². The molecule has 0 aliphatic heterocycles. The molecule has 1 heterocycles. The molecule has 0 radical (unpaired) electrons. The first-order valence-electron chi connectivity index (χ1n) is 8.54. The van der Waals surface area contributed by atoms with Crippen LogP contribution < -0.4 is 18.9 Å². The van der Waals surface area contributed by atoms with Gasteiger partial charge in [-0.15, -0.1) is 13.2 Å². The SMILES string of the molecule is CCC(CC)Oc1cc(C)c(-c2ccc(OC(F)(F)F)cc2OC)[n+](O)c1. The molecule has 2 aromatic rings. The highest BCUT2D eigenvalue weighted by atomic mass is 19.4. The lowest BCUT2D eigenvalue weighted by atomic mass is 10.0. The average Bonchev–Trinajstić information content (AvgIpc) is 2.58. The lowest BCUT2D eigenvalue weighted by molar-refractivity contribution is -0.896. The Morgan fingerprint density at radius 1 is 1.11 bits per heavy atom. The number of hydrogen-bond donors (Lipinski definition) is 1. The summed E-state index contributed by atoms with van der Waals surface area (Å²) in [5.41, 5.74) is 1.46. The highest BCUT2D eigenvalue weighted by Crippen LogP contribution is 2.35. The summed E-state index contributed by atoms with van der Waals surface area (Å²) in [7, 11) is 1.33. The third-order valence-electron chi connectivity index (χ3n) is 4.09. The number of halogens is 3. The Labute approximate surface area is 155 Å². The second kappa shape index (κ2) is 8.37. The fraction of sp³-hybridized carbons (Fsp3) is 0.421. The molecule has 2 rings (SSSR count). The molecule has 148 valence electrons. The van der Waals surface area contributed by atoms with Gasteiger partial charge in [0.1, 0.15) is 11.5 Å². The number of aryl methyl sites for hydroxylation is 1. The maximum Gasteiger partial charge on any atom is 0.573 e. The standard InChI is InChI=1S/C19H23F3NO4/c1-5-13(6-2)26-15-9-12(3)18(23(24)11-15)16-8-7-14(10-17(16)25-4)27-19(20,21)22/h7-11,13,24H,5-6H2,1-4H3/q+1. The van der Waals surface area contributed by atoms with Gasteiger partial charge in [-0.1, -0.05) is 13.8 Å². The summed E-state index contributed by atoms with van der Waals surface area (Å²) >= 11 is 0. The van der Waals surface area contributed by atoms with Gasteiger partial charge in [-0.3, -0.25) is 5.21 Å². The molecule has 0 spiro atoms. The van der Waals surface area contributed by atoms with E-state index in [1.165, 1.54) is 25.4 Å². The Morgan fingerprint density at radius 2 is 1.78 bits per heavy atom. The molecule has 0 saturated carbocycles. The first-order valence-corrected chi connectivity index (χ1v) is 8.54. The third-order valence-corrected chi connectivity index (χ3v) is 4.09. The summed E-state index contributed by atoms with van der Waals surface area (Å²) in [4.78, 5) is 0. The van der Waals surface area contributed by atoms with Gasteiger partial charge in [-0.25, -0.2) is 0 Å². The number of pyridine rings is 1. The minimum absolute atomic E-state index is 0.0311. The van der Waals surface area contributed by atoms with Gasteiger partial charge in [0.25, 0.3) is 11.9 Å². The Kier molecular flexibility index (Phi) is 6.41. The third kappa shape index (κ3) is 5.18. The number of benzene rings is 1. The number of rotatable bonds is 7. The van der Waals surface area contributed by atoms with Gasteiger partial charge in [-0.05, 0) is 38.0 Å². The average molecular weight is 386 g/mol. The van der Waals surface area contributed by atoms with E-state index in [9.17, 15) is 18.4 Å². The zero-order valence-corrected chi connectivity index (χ0v) is 15.6. The minimum Gasteiger partial charge on any atom is -0.496 e. The first-order chi connectivity index (χ1) is 12.7. The van der Waals surface area contributed by atoms with Crippen molar-refractivity contribution in [3.63, 3.8) is 0 Å². The van der Waals surface area contributed by atoms with Crippen LogP contribution in [0.5, 0.6) is 17.2 Å². The quantitative estimate of drug-likeness (QED) is 0.555. The van der Waals surface area contributed by atoms with Crippen molar-refractivity contribution in [2.45, 2.75) is 46.1 Å². The Bertz CT molecular complexity index is 766. The first kappa shape index (κ1) is 20.7. The molecule has 1 aromatic carbocycles. The fourth-order valence-electron chi connectivity index (χ4n) is 2.80. The van der Waals surface area contributed by atoms with Crippen molar-refractivity contribution >= 4 is 0 Å². The van der Waals surface area contributed by atoms with Crippen LogP contribution in [0.3, 0.4) is 0 Å². The van der Waals surface area contributed by atoms with Crippen molar-refractivity contribution < 1.29 is 37.3 Å². The Morgan fingerprint density at radius 3 is 2.30 bits per heavy atom. The van der Waals surface area contributed by atoms with Gasteiger partial charge in [0, 0.05) is 16.4 Å². The monoisotopic (exact) mass is 386 g/mol. The zero-order chi connectivity index (χ0) is 20.2. The van der Waals surface area contributed by atoms with Crippen molar-refractivity contribution in [3.05, 3.63) is 36.0 Å². The molecule has 1 N–H and O–H groups in total. The molecule has 0 aliphatic carbocycles. The molecule has 8 heteroatoms. The molecule has 5 nitrogen and oxygen atoms in total. The number of nitrogens with zero attached hydrogens (tertiary/aromatic N) is 1. The van der Waals surface area contributed by atoms with Crippen LogP contribution in [0.1, 0.15) is 32.3 Å². The second-order valence-electron chi connectivity index (χ2n) is 6.02. The second-order valence-corrected chi connectivity index (χ2v) is 6.02. The topological polar surface area (TPSA) is 51.8 Å². The summed E-state index contributed by atoms with van der Waals surface area (Å²) in [6.07, 6.45) is -1.69. The van der Waals surface area contributed by atoms with Crippen molar-refractivity contribution in [2.75, 3.05) is 7.11 Å². The van der Waals surface area contributed by atoms with Crippen LogP contribution in [0.15, 0.2) is 30.5 Å². The van der Waals surface area contributed by atoms with Crippen LogP contribution >= 0.6 is 0 Å².